The van der Waals surface area contributed by atoms with Gasteiger partial charge in [0.1, 0.15) is 0 Å². The smallest absolute Gasteiger partial charge is 0.282 e. The molecule has 0 aliphatic rings. The summed E-state index contributed by atoms with van der Waals surface area (Å²) in [5, 5.41) is 14.3. The highest BCUT2D eigenvalue weighted by atomic mass is 32.1. The molecule has 0 aliphatic heterocycles. The van der Waals surface area contributed by atoms with Crippen LogP contribution in [0.4, 0.5) is 5.13 Å². The molecule has 6 heteroatoms. The predicted octanol–water partition coefficient (Wildman–Crippen LogP) is 1.55. The Hall–Kier alpha value is -1.95. The van der Waals surface area contributed by atoms with Gasteiger partial charge >= 0.3 is 0 Å². The first kappa shape index (κ1) is 12.5. The lowest BCUT2D eigenvalue weighted by Gasteiger charge is -2.02. The van der Waals surface area contributed by atoms with Gasteiger partial charge in [0.25, 0.3) is 5.91 Å². The van der Waals surface area contributed by atoms with Crippen LogP contribution >= 0.6 is 11.3 Å². The Morgan fingerprint density at radius 2 is 2.06 bits per heavy atom. The highest BCUT2D eigenvalue weighted by Crippen LogP contribution is 2.13. The number of rotatable bonds is 5. The SMILES string of the molecule is CNc1nnc(C(=O)NCCc2ccccc2)s1. The van der Waals surface area contributed by atoms with E-state index in [0.29, 0.717) is 16.7 Å². The van der Waals surface area contributed by atoms with E-state index in [0.717, 1.165) is 6.42 Å². The Balaban J connectivity index is 1.81. The number of hydrogen-bond donors (Lipinski definition) is 2. The Morgan fingerprint density at radius 1 is 1.28 bits per heavy atom. The second-order valence-electron chi connectivity index (χ2n) is 3.65. The van der Waals surface area contributed by atoms with Crippen LogP contribution < -0.4 is 10.6 Å². The lowest BCUT2D eigenvalue weighted by atomic mass is 10.1. The minimum Gasteiger partial charge on any atom is -0.363 e. The summed E-state index contributed by atoms with van der Waals surface area (Å²) in [5.74, 6) is -0.176. The van der Waals surface area contributed by atoms with Gasteiger partial charge in [0.15, 0.2) is 0 Å². The summed E-state index contributed by atoms with van der Waals surface area (Å²) >= 11 is 1.24. The van der Waals surface area contributed by atoms with E-state index in [1.807, 2.05) is 30.3 Å². The molecule has 0 spiro atoms. The maximum absolute atomic E-state index is 11.7. The lowest BCUT2D eigenvalue weighted by molar-refractivity contribution is 0.0953. The molecule has 0 saturated heterocycles. The van der Waals surface area contributed by atoms with Crippen LogP contribution in [0, 0.1) is 0 Å². The Morgan fingerprint density at radius 3 is 2.72 bits per heavy atom. The number of anilines is 1. The van der Waals surface area contributed by atoms with Crippen molar-refractivity contribution < 1.29 is 4.79 Å². The van der Waals surface area contributed by atoms with Gasteiger partial charge < -0.3 is 10.6 Å². The van der Waals surface area contributed by atoms with Crippen molar-refractivity contribution in [3.8, 4) is 0 Å². The van der Waals surface area contributed by atoms with E-state index >= 15 is 0 Å². The summed E-state index contributed by atoms with van der Waals surface area (Å²) in [5.41, 5.74) is 1.20. The van der Waals surface area contributed by atoms with Crippen molar-refractivity contribution in [1.82, 2.24) is 15.5 Å². The van der Waals surface area contributed by atoms with Crippen molar-refractivity contribution in [3.05, 3.63) is 40.9 Å². The number of hydrogen-bond acceptors (Lipinski definition) is 5. The number of aromatic nitrogens is 2. The first-order valence-electron chi connectivity index (χ1n) is 5.63. The molecule has 0 radical (unpaired) electrons. The number of nitrogens with one attached hydrogen (secondary N) is 2. The van der Waals surface area contributed by atoms with Crippen molar-refractivity contribution in [1.29, 1.82) is 0 Å². The first-order valence-corrected chi connectivity index (χ1v) is 6.44. The van der Waals surface area contributed by atoms with Gasteiger partial charge in [-0.25, -0.2) is 0 Å². The monoisotopic (exact) mass is 262 g/mol. The molecular formula is C12H14N4OS. The topological polar surface area (TPSA) is 66.9 Å². The molecule has 5 nitrogen and oxygen atoms in total. The van der Waals surface area contributed by atoms with Crippen molar-refractivity contribution in [2.45, 2.75) is 6.42 Å². The number of nitrogens with zero attached hydrogens (tertiary/aromatic N) is 2. The molecule has 18 heavy (non-hydrogen) atoms. The fourth-order valence-corrected chi connectivity index (χ4v) is 2.07. The van der Waals surface area contributed by atoms with Crippen LogP contribution in [0.15, 0.2) is 30.3 Å². The largest absolute Gasteiger partial charge is 0.363 e. The highest BCUT2D eigenvalue weighted by molar-refractivity contribution is 7.17. The van der Waals surface area contributed by atoms with Crippen molar-refractivity contribution in [3.63, 3.8) is 0 Å². The normalized spacial score (nSPS) is 10.1. The van der Waals surface area contributed by atoms with Crippen LogP contribution in [0.5, 0.6) is 0 Å². The Labute approximate surface area is 109 Å². The van der Waals surface area contributed by atoms with Gasteiger partial charge in [-0.05, 0) is 12.0 Å². The highest BCUT2D eigenvalue weighted by Gasteiger charge is 2.11. The summed E-state index contributed by atoms with van der Waals surface area (Å²) in [6.45, 7) is 0.595. The maximum atomic E-state index is 11.7. The third-order valence-corrected chi connectivity index (χ3v) is 3.31. The zero-order valence-corrected chi connectivity index (χ0v) is 10.8. The van der Waals surface area contributed by atoms with E-state index in [2.05, 4.69) is 20.8 Å². The molecule has 2 aromatic rings. The van der Waals surface area contributed by atoms with Gasteiger partial charge in [0.2, 0.25) is 10.1 Å². The lowest BCUT2D eigenvalue weighted by Crippen LogP contribution is -2.25. The van der Waals surface area contributed by atoms with Crippen LogP contribution in [0.3, 0.4) is 0 Å². The van der Waals surface area contributed by atoms with Gasteiger partial charge in [-0.1, -0.05) is 41.7 Å². The molecule has 0 atom stereocenters. The fourth-order valence-electron chi connectivity index (χ4n) is 1.46. The fraction of sp³-hybridized carbons (Fsp3) is 0.250. The van der Waals surface area contributed by atoms with Crippen LogP contribution in [0.25, 0.3) is 0 Å². The molecule has 0 saturated carbocycles. The van der Waals surface area contributed by atoms with Crippen LogP contribution in [0.2, 0.25) is 0 Å². The molecule has 1 heterocycles. The third-order valence-electron chi connectivity index (χ3n) is 2.38. The number of carbonyl (C=O) groups excluding carboxylic acids is 1. The molecule has 0 fully saturated rings. The average Bonchev–Trinajstić information content (AvgIpc) is 2.89. The number of carbonyl (C=O) groups is 1. The summed E-state index contributed by atoms with van der Waals surface area (Å²) in [4.78, 5) is 11.7. The second kappa shape index (κ2) is 6.11. The zero-order chi connectivity index (χ0) is 12.8. The van der Waals surface area contributed by atoms with E-state index in [4.69, 9.17) is 0 Å². The van der Waals surface area contributed by atoms with Crippen molar-refractivity contribution >= 4 is 22.4 Å². The molecule has 0 unspecified atom stereocenters. The Kier molecular flexibility index (Phi) is 4.25. The molecular weight excluding hydrogens is 248 g/mol. The van der Waals surface area contributed by atoms with Gasteiger partial charge in [0.05, 0.1) is 0 Å². The van der Waals surface area contributed by atoms with Gasteiger partial charge in [-0.2, -0.15) is 0 Å². The van der Waals surface area contributed by atoms with E-state index in [1.165, 1.54) is 16.9 Å². The molecule has 0 bridgehead atoms. The van der Waals surface area contributed by atoms with E-state index in [1.54, 1.807) is 7.05 Å². The first-order chi connectivity index (χ1) is 8.79. The standard InChI is InChI=1S/C12H14N4OS/c1-13-12-16-15-11(18-12)10(17)14-8-7-9-5-3-2-4-6-9/h2-6H,7-8H2,1H3,(H,13,16)(H,14,17). The molecule has 94 valence electrons. The summed E-state index contributed by atoms with van der Waals surface area (Å²) in [6, 6.07) is 10.0. The average molecular weight is 262 g/mol. The molecule has 2 rings (SSSR count). The molecule has 1 aromatic heterocycles. The minimum atomic E-state index is -0.176. The number of amides is 1. The second-order valence-corrected chi connectivity index (χ2v) is 4.63. The quantitative estimate of drug-likeness (QED) is 0.858. The molecule has 1 amide bonds. The maximum Gasteiger partial charge on any atom is 0.282 e. The van der Waals surface area contributed by atoms with Crippen molar-refractivity contribution in [2.24, 2.45) is 0 Å². The number of benzene rings is 1. The molecule has 2 N–H and O–H groups in total. The van der Waals surface area contributed by atoms with Crippen LogP contribution in [-0.4, -0.2) is 29.7 Å². The molecule has 1 aromatic carbocycles. The Bertz CT molecular complexity index is 512. The summed E-state index contributed by atoms with van der Waals surface area (Å²) in [7, 11) is 1.75. The van der Waals surface area contributed by atoms with Gasteiger partial charge in [-0.15, -0.1) is 10.2 Å². The molecule has 0 aliphatic carbocycles. The van der Waals surface area contributed by atoms with Gasteiger partial charge in [0, 0.05) is 13.6 Å². The van der Waals surface area contributed by atoms with Crippen LogP contribution in [0.1, 0.15) is 15.4 Å². The predicted molar refractivity (Wildman–Crippen MR) is 71.9 cm³/mol. The summed E-state index contributed by atoms with van der Waals surface area (Å²) in [6.07, 6.45) is 0.810. The zero-order valence-electron chi connectivity index (χ0n) is 10.0. The van der Waals surface area contributed by atoms with E-state index in [-0.39, 0.29) is 5.91 Å². The van der Waals surface area contributed by atoms with E-state index < -0.39 is 0 Å². The summed E-state index contributed by atoms with van der Waals surface area (Å²) < 4.78 is 0. The minimum absolute atomic E-state index is 0.176. The van der Waals surface area contributed by atoms with E-state index in [9.17, 15) is 4.79 Å². The van der Waals surface area contributed by atoms with Gasteiger partial charge in [-0.3, -0.25) is 4.79 Å². The third kappa shape index (κ3) is 3.27. The van der Waals surface area contributed by atoms with Crippen molar-refractivity contribution in [2.75, 3.05) is 18.9 Å². The van der Waals surface area contributed by atoms with Crippen LogP contribution in [-0.2, 0) is 6.42 Å².